The van der Waals surface area contributed by atoms with Crippen LogP contribution in [-0.2, 0) is 14.3 Å². The Labute approximate surface area is 216 Å². The third-order valence-corrected chi connectivity index (χ3v) is 7.62. The molecular weight excluding hydrogens is 501 g/mol. The third kappa shape index (κ3) is 9.28. The quantitative estimate of drug-likeness (QED) is 0.153. The normalized spacial score (nSPS) is 33.4. The van der Waals surface area contributed by atoms with Gasteiger partial charge in [0.15, 0.2) is 0 Å². The maximum Gasteiger partial charge on any atom is 0.237 e. The summed E-state index contributed by atoms with van der Waals surface area (Å²) in [4.78, 5) is 24.9. The molecule has 2 aliphatic heterocycles. The molecule has 35 heavy (non-hydrogen) atoms. The average molecular weight is 542 g/mol. The maximum atomic E-state index is 13.1. The molecule has 0 aliphatic carbocycles. The predicted molar refractivity (Wildman–Crippen MR) is 134 cm³/mol. The number of aliphatic hydroxyl groups is 3. The van der Waals surface area contributed by atoms with Crippen molar-refractivity contribution in [2.45, 2.75) is 93.4 Å². The minimum atomic E-state index is -1.54. The summed E-state index contributed by atoms with van der Waals surface area (Å²) in [6, 6.07) is -1.30. The van der Waals surface area contributed by atoms with E-state index < -0.39 is 48.0 Å². The molecule has 9 atom stereocenters. The van der Waals surface area contributed by atoms with Gasteiger partial charge >= 0.3 is 0 Å². The van der Waals surface area contributed by atoms with E-state index in [4.69, 9.17) is 16.3 Å². The molecule has 9 nitrogen and oxygen atoms in total. The highest BCUT2D eigenvalue weighted by Gasteiger charge is 2.48. The van der Waals surface area contributed by atoms with Gasteiger partial charge in [0.05, 0.1) is 29.9 Å². The largest absolute Gasteiger partial charge is 0.388 e. The first-order valence-corrected chi connectivity index (χ1v) is 14.2. The molecule has 3 unspecified atom stereocenters. The molecule has 0 radical (unpaired) electrons. The van der Waals surface area contributed by atoms with E-state index in [1.54, 1.807) is 13.2 Å². The van der Waals surface area contributed by atoms with Gasteiger partial charge in [-0.3, -0.25) is 14.0 Å². The number of hydrogen-bond acceptors (Lipinski definition) is 8. The lowest BCUT2D eigenvalue weighted by atomic mass is 9.89. The first-order chi connectivity index (χ1) is 16.7. The van der Waals surface area contributed by atoms with Crippen molar-refractivity contribution in [3.63, 3.8) is 0 Å². The van der Waals surface area contributed by atoms with Crippen molar-refractivity contribution in [1.29, 1.82) is 0 Å². The number of carbonyl (C=O) groups excluding carboxylic acids is 2. The molecule has 2 saturated heterocycles. The highest BCUT2D eigenvalue weighted by atomic mass is 35.5. The fourth-order valence-corrected chi connectivity index (χ4v) is 5.29. The number of carbonyl (C=O) groups is 2. The Kier molecular flexibility index (Phi) is 13.6. The Balaban J connectivity index is 2.01. The molecule has 204 valence electrons. The van der Waals surface area contributed by atoms with Gasteiger partial charge in [-0.1, -0.05) is 12.8 Å². The van der Waals surface area contributed by atoms with Crippen molar-refractivity contribution in [1.82, 2.24) is 16.0 Å². The van der Waals surface area contributed by atoms with Crippen LogP contribution in [-0.4, -0.2) is 107 Å². The van der Waals surface area contributed by atoms with Gasteiger partial charge in [-0.25, -0.2) is 0 Å². The summed E-state index contributed by atoms with van der Waals surface area (Å²) >= 11 is 7.72. The standard InChI is InChI=1S/C23H41ClFN3O6S/c1-13(24)18(28-23(33)15-7-6-14(8-10-26-15)5-3-4-9-25)22-21(32)20(31)19(30)16(34-22)11-27-17(29)12-35-2/h13-16,18-22,26,30-32H,3-12H2,1-2H3,(H,27,29)(H,28,33)/t13-,14-,15-,16?,18+,19-,20?,21?,22+/m0/s1. The number of halogens is 2. The summed E-state index contributed by atoms with van der Waals surface area (Å²) in [5.41, 5.74) is 0. The number of rotatable bonds is 12. The highest BCUT2D eigenvalue weighted by molar-refractivity contribution is 7.99. The molecule has 0 aromatic heterocycles. The fraction of sp³-hybridized carbons (Fsp3) is 0.913. The summed E-state index contributed by atoms with van der Waals surface area (Å²) < 4.78 is 18.3. The molecule has 0 aromatic carbocycles. The van der Waals surface area contributed by atoms with Crippen LogP contribution in [0.5, 0.6) is 0 Å². The van der Waals surface area contributed by atoms with Gasteiger partial charge in [-0.05, 0) is 51.3 Å². The lowest BCUT2D eigenvalue weighted by Crippen LogP contribution is -2.67. The maximum absolute atomic E-state index is 13.1. The van der Waals surface area contributed by atoms with E-state index in [9.17, 15) is 29.3 Å². The first kappa shape index (κ1) is 30.5. The van der Waals surface area contributed by atoms with Crippen LogP contribution in [0.1, 0.15) is 45.4 Å². The Bertz CT molecular complexity index is 667. The molecule has 6 N–H and O–H groups in total. The van der Waals surface area contributed by atoms with Gasteiger partial charge in [0.25, 0.3) is 0 Å². The van der Waals surface area contributed by atoms with Crippen molar-refractivity contribution in [3.05, 3.63) is 0 Å². The number of ether oxygens (including phenoxy) is 1. The van der Waals surface area contributed by atoms with E-state index in [-0.39, 0.29) is 30.8 Å². The summed E-state index contributed by atoms with van der Waals surface area (Å²) in [7, 11) is 0. The minimum Gasteiger partial charge on any atom is -0.388 e. The Hall–Kier alpha value is -0.690. The van der Waals surface area contributed by atoms with Gasteiger partial charge < -0.3 is 36.0 Å². The van der Waals surface area contributed by atoms with Crippen LogP contribution in [0.3, 0.4) is 0 Å². The van der Waals surface area contributed by atoms with Crippen LogP contribution in [0.2, 0.25) is 0 Å². The number of hydrogen-bond donors (Lipinski definition) is 6. The van der Waals surface area contributed by atoms with E-state index in [0.29, 0.717) is 25.3 Å². The number of thioether (sulfide) groups is 1. The minimum absolute atomic E-state index is 0.0633. The summed E-state index contributed by atoms with van der Waals surface area (Å²) in [5, 5.41) is 39.5. The molecule has 2 fully saturated rings. The number of aliphatic hydroxyl groups excluding tert-OH is 3. The zero-order chi connectivity index (χ0) is 26.0. The molecule has 0 saturated carbocycles. The number of amides is 2. The number of alkyl halides is 2. The Morgan fingerprint density at radius 2 is 1.91 bits per heavy atom. The SMILES string of the molecule is CSCC(=O)NCC1O[C@H]([C@H](NC(=O)[C@@H]2CC[C@H](CCCCF)CCN2)[C@H](C)Cl)C(O)C(O)[C@H]1O. The van der Waals surface area contributed by atoms with E-state index in [0.717, 1.165) is 25.7 Å². The van der Waals surface area contributed by atoms with Gasteiger partial charge in [0.2, 0.25) is 11.8 Å². The van der Waals surface area contributed by atoms with Crippen molar-refractivity contribution >= 4 is 35.2 Å². The van der Waals surface area contributed by atoms with Gasteiger partial charge in [0.1, 0.15) is 30.5 Å². The second-order valence-corrected chi connectivity index (χ2v) is 11.0. The molecule has 2 heterocycles. The van der Waals surface area contributed by atoms with Crippen LogP contribution in [0, 0.1) is 5.92 Å². The van der Waals surface area contributed by atoms with Crippen molar-refractivity contribution in [2.24, 2.45) is 5.92 Å². The monoisotopic (exact) mass is 541 g/mol. The second-order valence-electron chi connectivity index (χ2n) is 9.48. The predicted octanol–water partition coefficient (Wildman–Crippen LogP) is 0.326. The van der Waals surface area contributed by atoms with Crippen LogP contribution in [0.25, 0.3) is 0 Å². The van der Waals surface area contributed by atoms with Gasteiger partial charge in [0, 0.05) is 6.54 Å². The van der Waals surface area contributed by atoms with Crippen LogP contribution >= 0.6 is 23.4 Å². The van der Waals surface area contributed by atoms with Crippen molar-refractivity contribution in [3.8, 4) is 0 Å². The van der Waals surface area contributed by atoms with E-state index >= 15 is 0 Å². The van der Waals surface area contributed by atoms with Crippen molar-refractivity contribution in [2.75, 3.05) is 31.8 Å². The molecule has 0 aromatic rings. The number of unbranched alkanes of at least 4 members (excludes halogenated alkanes) is 1. The second kappa shape index (κ2) is 15.5. The molecular formula is C23H41ClFN3O6S. The Morgan fingerprint density at radius 3 is 2.57 bits per heavy atom. The summed E-state index contributed by atoms with van der Waals surface area (Å²) in [5.74, 6) is 0.147. The topological polar surface area (TPSA) is 140 Å². The molecule has 2 amide bonds. The van der Waals surface area contributed by atoms with Crippen LogP contribution < -0.4 is 16.0 Å². The van der Waals surface area contributed by atoms with Crippen molar-refractivity contribution < 1.29 is 34.0 Å². The van der Waals surface area contributed by atoms with E-state index in [1.165, 1.54) is 11.8 Å². The summed E-state index contributed by atoms with van der Waals surface area (Å²) in [6.07, 6.45) is 0.00307. The van der Waals surface area contributed by atoms with Gasteiger partial charge in [-0.15, -0.1) is 11.6 Å². The fourth-order valence-electron chi connectivity index (χ4n) is 4.72. The lowest BCUT2D eigenvalue weighted by Gasteiger charge is -2.44. The van der Waals surface area contributed by atoms with Crippen LogP contribution in [0.4, 0.5) is 4.39 Å². The average Bonchev–Trinajstić information content (AvgIpc) is 3.07. The molecule has 2 rings (SSSR count). The zero-order valence-corrected chi connectivity index (χ0v) is 22.1. The summed E-state index contributed by atoms with van der Waals surface area (Å²) in [6.45, 7) is 1.95. The molecule has 0 spiro atoms. The smallest absolute Gasteiger partial charge is 0.237 e. The van der Waals surface area contributed by atoms with E-state index in [1.807, 2.05) is 0 Å². The first-order valence-electron chi connectivity index (χ1n) is 12.4. The van der Waals surface area contributed by atoms with Gasteiger partial charge in [-0.2, -0.15) is 11.8 Å². The number of nitrogens with one attached hydrogen (secondary N) is 3. The molecule has 12 heteroatoms. The molecule has 2 aliphatic rings. The lowest BCUT2D eigenvalue weighted by molar-refractivity contribution is -0.226. The zero-order valence-electron chi connectivity index (χ0n) is 20.5. The molecule has 0 bridgehead atoms. The van der Waals surface area contributed by atoms with Crippen LogP contribution in [0.15, 0.2) is 0 Å². The third-order valence-electron chi connectivity index (χ3n) is 6.80. The highest BCUT2D eigenvalue weighted by Crippen LogP contribution is 2.27. The van der Waals surface area contributed by atoms with E-state index in [2.05, 4.69) is 16.0 Å². The Morgan fingerprint density at radius 1 is 1.17 bits per heavy atom.